The molecule has 47 heavy (non-hydrogen) atoms. The van der Waals surface area contributed by atoms with Crippen molar-refractivity contribution in [1.82, 2.24) is 10.2 Å². The minimum absolute atomic E-state index is 0.133. The Balaban J connectivity index is 1.33. The Morgan fingerprint density at radius 2 is 1.72 bits per heavy atom. The van der Waals surface area contributed by atoms with Gasteiger partial charge in [0.15, 0.2) is 4.34 Å². The molecule has 5 aromatic rings. The molecule has 1 aliphatic heterocycles. The molecule has 0 bridgehead atoms. The quantitative estimate of drug-likeness (QED) is 0.0305. The van der Waals surface area contributed by atoms with Gasteiger partial charge in [-0.05, 0) is 60.4 Å². The van der Waals surface area contributed by atoms with Gasteiger partial charge in [-0.15, -0.1) is 10.2 Å². The van der Waals surface area contributed by atoms with Gasteiger partial charge in [-0.25, -0.2) is 0 Å². The number of amides is 1. The molecule has 0 radical (unpaired) electrons. The second-order valence-corrected chi connectivity index (χ2v) is 13.1. The molecule has 12 heteroatoms. The summed E-state index contributed by atoms with van der Waals surface area (Å²) in [6.07, 6.45) is 0. The van der Waals surface area contributed by atoms with Crippen LogP contribution in [0.1, 0.15) is 39.4 Å². The maximum atomic E-state index is 13.6. The first-order valence-electron chi connectivity index (χ1n) is 14.5. The molecule has 1 fully saturated rings. The van der Waals surface area contributed by atoms with Gasteiger partial charge in [0.2, 0.25) is 5.13 Å². The number of hydrogen-bond donors (Lipinski definition) is 1. The second-order valence-electron chi connectivity index (χ2n) is 10.9. The van der Waals surface area contributed by atoms with Crippen molar-refractivity contribution in [1.29, 1.82) is 0 Å². The van der Waals surface area contributed by atoms with Crippen LogP contribution in [0.15, 0.2) is 107 Å². The van der Waals surface area contributed by atoms with Crippen molar-refractivity contribution in [2.45, 2.75) is 36.6 Å². The van der Waals surface area contributed by atoms with Crippen molar-refractivity contribution in [3.63, 3.8) is 0 Å². The number of rotatable bonds is 10. The zero-order chi connectivity index (χ0) is 33.1. The topological polar surface area (TPSA) is 136 Å². The van der Waals surface area contributed by atoms with E-state index in [0.29, 0.717) is 22.4 Å². The van der Waals surface area contributed by atoms with Crippen LogP contribution in [0.4, 0.5) is 10.8 Å². The van der Waals surface area contributed by atoms with Gasteiger partial charge < -0.3 is 9.84 Å². The van der Waals surface area contributed by atoms with Crippen molar-refractivity contribution < 1.29 is 24.4 Å². The molecule has 1 N–H and O–H groups in total. The summed E-state index contributed by atoms with van der Waals surface area (Å²) in [5.74, 6) is -1.13. The molecule has 2 heterocycles. The number of carbonyl (C=O) groups is 2. The third-order valence-corrected chi connectivity index (χ3v) is 9.84. The summed E-state index contributed by atoms with van der Waals surface area (Å²) in [5, 5.41) is 31.8. The summed E-state index contributed by atoms with van der Waals surface area (Å²) in [5.41, 5.74) is 4.46. The summed E-state index contributed by atoms with van der Waals surface area (Å²) in [6, 6.07) is 26.9. The van der Waals surface area contributed by atoms with Crippen LogP contribution >= 0.6 is 23.1 Å². The number of aromatic nitrogens is 2. The minimum atomic E-state index is -1.19. The first-order valence-corrected chi connectivity index (χ1v) is 16.3. The fourth-order valence-corrected chi connectivity index (χ4v) is 6.96. The number of benzene rings is 4. The van der Waals surface area contributed by atoms with E-state index in [9.17, 15) is 24.8 Å². The van der Waals surface area contributed by atoms with Crippen molar-refractivity contribution in [2.75, 3.05) is 4.90 Å². The Morgan fingerprint density at radius 1 is 0.979 bits per heavy atom. The lowest BCUT2D eigenvalue weighted by Gasteiger charge is -2.22. The number of hydrogen-bond acceptors (Lipinski definition) is 10. The molecule has 10 nitrogen and oxygen atoms in total. The Morgan fingerprint density at radius 3 is 2.45 bits per heavy atom. The summed E-state index contributed by atoms with van der Waals surface area (Å²) >= 11 is 2.55. The van der Waals surface area contributed by atoms with Gasteiger partial charge in [-0.3, -0.25) is 24.6 Å². The van der Waals surface area contributed by atoms with E-state index in [2.05, 4.69) is 10.2 Å². The first-order chi connectivity index (χ1) is 22.7. The van der Waals surface area contributed by atoms with Gasteiger partial charge >= 0.3 is 5.91 Å². The number of aryl methyl sites for hydroxylation is 2. The zero-order valence-corrected chi connectivity index (χ0v) is 27.0. The number of aliphatic hydroxyl groups excluding tert-OH is 1. The van der Waals surface area contributed by atoms with Crippen molar-refractivity contribution in [3.8, 4) is 5.75 Å². The van der Waals surface area contributed by atoms with E-state index < -0.39 is 28.4 Å². The highest BCUT2D eigenvalue weighted by molar-refractivity contribution is 8.00. The van der Waals surface area contributed by atoms with Crippen LogP contribution in [-0.2, 0) is 21.9 Å². The molecule has 0 spiro atoms. The van der Waals surface area contributed by atoms with Gasteiger partial charge in [0.25, 0.3) is 11.5 Å². The van der Waals surface area contributed by atoms with Gasteiger partial charge in [0.1, 0.15) is 18.1 Å². The van der Waals surface area contributed by atoms with Crippen LogP contribution < -0.4 is 9.64 Å². The smallest absolute Gasteiger partial charge is 0.301 e. The maximum Gasteiger partial charge on any atom is 0.301 e. The molecule has 1 saturated heterocycles. The highest BCUT2D eigenvalue weighted by atomic mass is 32.2. The molecular formula is C35H28N4O6S2. The molecule has 0 aliphatic carbocycles. The van der Waals surface area contributed by atoms with Gasteiger partial charge in [-0.2, -0.15) is 0 Å². The number of carbonyl (C=O) groups excluding carboxylic acids is 2. The van der Waals surface area contributed by atoms with E-state index in [1.807, 2.05) is 62.4 Å². The molecule has 1 atom stereocenters. The fourth-order valence-electron chi connectivity index (χ4n) is 5.14. The summed E-state index contributed by atoms with van der Waals surface area (Å²) in [6.45, 7) is 4.36. The summed E-state index contributed by atoms with van der Waals surface area (Å²) in [4.78, 5) is 39.4. The molecule has 4 aromatic carbocycles. The van der Waals surface area contributed by atoms with Crippen LogP contribution in [-0.4, -0.2) is 31.9 Å². The van der Waals surface area contributed by atoms with E-state index in [0.717, 1.165) is 38.5 Å². The largest absolute Gasteiger partial charge is 0.507 e. The van der Waals surface area contributed by atoms with Crippen LogP contribution in [0.2, 0.25) is 0 Å². The van der Waals surface area contributed by atoms with E-state index in [1.54, 1.807) is 30.3 Å². The van der Waals surface area contributed by atoms with Crippen molar-refractivity contribution in [3.05, 3.63) is 146 Å². The number of thioether (sulfide) groups is 1. The number of nitro benzene ring substituents is 1. The van der Waals surface area contributed by atoms with Gasteiger partial charge in [0.05, 0.1) is 16.5 Å². The molecular weight excluding hydrogens is 637 g/mol. The lowest BCUT2D eigenvalue weighted by atomic mass is 9.95. The van der Waals surface area contributed by atoms with Crippen LogP contribution in [0.25, 0.3) is 5.76 Å². The zero-order valence-electron chi connectivity index (χ0n) is 25.3. The van der Waals surface area contributed by atoms with E-state index in [-0.39, 0.29) is 27.5 Å². The summed E-state index contributed by atoms with van der Waals surface area (Å²) in [7, 11) is 0. The first kappa shape index (κ1) is 31.6. The SMILES string of the molecule is Cc1ccc(CSc2nnc(N3C(=O)C(=O)/C(=C(/O)c4ccc(OCc5ccccc5C)cc4)C3c3cccc([N+](=O)[O-])c3)s2)cc1. The lowest BCUT2D eigenvalue weighted by molar-refractivity contribution is -0.384. The summed E-state index contributed by atoms with van der Waals surface area (Å²) < 4.78 is 6.49. The number of anilines is 1. The number of Topliss-reactive ketones (excluding diaryl/α,β-unsaturated/α-hetero) is 1. The molecule has 1 unspecified atom stereocenters. The molecule has 1 aliphatic rings. The number of nitro groups is 1. The van der Waals surface area contributed by atoms with Gasteiger partial charge in [0, 0.05) is 23.4 Å². The average Bonchev–Trinajstić information content (AvgIpc) is 3.65. The number of nitrogens with zero attached hydrogens (tertiary/aromatic N) is 4. The number of non-ortho nitro benzene ring substituents is 1. The lowest BCUT2D eigenvalue weighted by Crippen LogP contribution is -2.29. The Labute approximate surface area is 278 Å². The monoisotopic (exact) mass is 664 g/mol. The molecule has 236 valence electrons. The third kappa shape index (κ3) is 6.79. The second kappa shape index (κ2) is 13.6. The van der Waals surface area contributed by atoms with Gasteiger partial charge in [-0.1, -0.05) is 89.3 Å². The number of ketones is 1. The fraction of sp³-hybridized carbons (Fsp3) is 0.143. The highest BCUT2D eigenvalue weighted by Crippen LogP contribution is 2.44. The molecule has 1 amide bonds. The predicted octanol–water partition coefficient (Wildman–Crippen LogP) is 7.56. The highest BCUT2D eigenvalue weighted by Gasteiger charge is 2.48. The minimum Gasteiger partial charge on any atom is -0.507 e. The van der Waals surface area contributed by atoms with E-state index >= 15 is 0 Å². The Hall–Kier alpha value is -5.33. The normalized spacial score (nSPS) is 15.6. The van der Waals surface area contributed by atoms with E-state index in [1.165, 1.54) is 30.0 Å². The van der Waals surface area contributed by atoms with Crippen LogP contribution in [0, 0.1) is 24.0 Å². The Kier molecular flexibility index (Phi) is 9.14. The predicted molar refractivity (Wildman–Crippen MR) is 180 cm³/mol. The van der Waals surface area contributed by atoms with Crippen molar-refractivity contribution >= 4 is 51.4 Å². The maximum absolute atomic E-state index is 13.6. The Bertz CT molecular complexity index is 2010. The number of ether oxygens (including phenoxy) is 1. The van der Waals surface area contributed by atoms with Crippen molar-refractivity contribution in [2.24, 2.45) is 0 Å². The molecule has 0 saturated carbocycles. The third-order valence-electron chi connectivity index (χ3n) is 7.71. The average molecular weight is 665 g/mol. The number of aliphatic hydroxyl groups is 1. The van der Waals surface area contributed by atoms with E-state index in [4.69, 9.17) is 4.74 Å². The van der Waals surface area contributed by atoms with Crippen LogP contribution in [0.5, 0.6) is 5.75 Å². The standard InChI is InChI=1S/C35H28N4O6S2/c1-21-10-12-23(13-11-21)20-46-35-37-36-34(47-35)38-30(25-8-5-9-27(18-25)39(43)44)29(32(41)33(38)42)31(40)24-14-16-28(17-15-24)45-19-26-7-4-3-6-22(26)2/h3-18,30,40H,19-20H2,1-2H3/b31-29+. The molecule has 1 aromatic heterocycles. The molecule has 6 rings (SSSR count). The van der Waals surface area contributed by atoms with Crippen LogP contribution in [0.3, 0.4) is 0 Å².